The number of rotatable bonds is 12. The van der Waals surface area contributed by atoms with E-state index in [1.807, 2.05) is 44.2 Å². The van der Waals surface area contributed by atoms with E-state index >= 15 is 0 Å². The summed E-state index contributed by atoms with van der Waals surface area (Å²) in [6.45, 7) is 15.0. The number of amides is 1. The number of alkyl halides is 3. The van der Waals surface area contributed by atoms with Crippen LogP contribution >= 0.6 is 0 Å². The third-order valence-electron chi connectivity index (χ3n) is 8.37. The summed E-state index contributed by atoms with van der Waals surface area (Å²) in [7, 11) is 0. The van der Waals surface area contributed by atoms with E-state index in [-0.39, 0.29) is 36.0 Å². The molecule has 48 heavy (non-hydrogen) atoms. The van der Waals surface area contributed by atoms with Crippen molar-refractivity contribution in [2.75, 3.05) is 44.2 Å². The first-order valence-electron chi connectivity index (χ1n) is 16.6. The van der Waals surface area contributed by atoms with Gasteiger partial charge in [-0.2, -0.15) is 13.2 Å². The Labute approximate surface area is 281 Å². The summed E-state index contributed by atoms with van der Waals surface area (Å²) in [6.07, 6.45) is 15.8. The largest absolute Gasteiger partial charge is 0.393 e. The molecular formula is C36H47F3N8O. The zero-order valence-electron chi connectivity index (χ0n) is 28.1. The molecule has 12 heteroatoms. The number of hydrogen-bond donors (Lipinski definition) is 2. The standard InChI is InChI=1S/C36H47F3N8O/c1-5-28(22-36(37,38)39)11-7-10-26(3)23-40-34(48)20-29-13-12-27(4)30(15-14-29)44-33-21-31-32(42-25-43-33)24-41-35(45-31)47-18-8-16-46(6-2)17-9-19-47/h5,7,10-15,21,24-26,30,33,44H,1,6,8-9,16-20,22-23H2,2-4H3,(H,40,48)/b10-7-,28-11+. The second-order valence-electron chi connectivity index (χ2n) is 12.3. The highest BCUT2D eigenvalue weighted by molar-refractivity contribution is 5.79. The Bertz CT molecular complexity index is 1580. The van der Waals surface area contributed by atoms with Gasteiger partial charge in [0.05, 0.1) is 24.4 Å². The van der Waals surface area contributed by atoms with Gasteiger partial charge in [-0.25, -0.2) is 15.0 Å². The molecule has 1 aliphatic carbocycles. The van der Waals surface area contributed by atoms with Crippen LogP contribution in [0.2, 0.25) is 0 Å². The Morgan fingerprint density at radius 1 is 1.19 bits per heavy atom. The molecule has 0 bridgehead atoms. The van der Waals surface area contributed by atoms with Crippen molar-refractivity contribution in [3.05, 3.63) is 88.8 Å². The molecule has 0 saturated carbocycles. The Balaban J connectivity index is 1.32. The van der Waals surface area contributed by atoms with E-state index < -0.39 is 12.6 Å². The molecule has 0 spiro atoms. The van der Waals surface area contributed by atoms with Crippen LogP contribution in [0, 0.1) is 5.92 Å². The fourth-order valence-electron chi connectivity index (χ4n) is 5.56. The fraction of sp³-hybridized carbons (Fsp3) is 0.472. The molecule has 0 aromatic carbocycles. The van der Waals surface area contributed by atoms with E-state index in [1.54, 1.807) is 24.7 Å². The first-order chi connectivity index (χ1) is 23.0. The van der Waals surface area contributed by atoms with E-state index in [0.29, 0.717) is 17.9 Å². The van der Waals surface area contributed by atoms with Crippen LogP contribution in [0.25, 0.3) is 6.08 Å². The molecule has 4 rings (SSSR count). The minimum absolute atomic E-state index is 0.0632. The number of nitrogens with one attached hydrogen (secondary N) is 2. The van der Waals surface area contributed by atoms with Gasteiger partial charge in [-0.1, -0.05) is 74.6 Å². The Morgan fingerprint density at radius 3 is 2.67 bits per heavy atom. The number of carbonyl (C=O) groups excluding carboxylic acids is 1. The number of hydrogen-bond acceptors (Lipinski definition) is 8. The maximum Gasteiger partial charge on any atom is 0.393 e. The number of halogens is 3. The average molecular weight is 665 g/mol. The first kappa shape index (κ1) is 36.7. The molecule has 2 aliphatic heterocycles. The van der Waals surface area contributed by atoms with Crippen LogP contribution in [-0.2, 0) is 4.79 Å². The second kappa shape index (κ2) is 17.8. The lowest BCUT2D eigenvalue weighted by Gasteiger charge is -2.29. The van der Waals surface area contributed by atoms with Crippen LogP contribution in [0.5, 0.6) is 0 Å². The molecule has 3 heterocycles. The molecule has 2 N–H and O–H groups in total. The van der Waals surface area contributed by atoms with Gasteiger partial charge in [-0.05, 0) is 62.5 Å². The van der Waals surface area contributed by atoms with Crippen molar-refractivity contribution in [2.45, 2.75) is 64.8 Å². The van der Waals surface area contributed by atoms with Crippen molar-refractivity contribution in [3.8, 4) is 0 Å². The van der Waals surface area contributed by atoms with Gasteiger partial charge in [0.2, 0.25) is 11.9 Å². The van der Waals surface area contributed by atoms with E-state index in [1.165, 1.54) is 12.2 Å². The van der Waals surface area contributed by atoms with Crippen molar-refractivity contribution >= 4 is 24.3 Å². The second-order valence-corrected chi connectivity index (χ2v) is 12.3. The topological polar surface area (TPSA) is 98.1 Å². The van der Waals surface area contributed by atoms with E-state index in [4.69, 9.17) is 4.98 Å². The van der Waals surface area contributed by atoms with Gasteiger partial charge < -0.3 is 15.1 Å². The van der Waals surface area contributed by atoms with Gasteiger partial charge >= 0.3 is 6.18 Å². The van der Waals surface area contributed by atoms with Crippen molar-refractivity contribution in [3.63, 3.8) is 0 Å². The molecule has 9 nitrogen and oxygen atoms in total. The van der Waals surface area contributed by atoms with Crippen molar-refractivity contribution in [1.82, 2.24) is 25.5 Å². The molecule has 3 unspecified atom stereocenters. The van der Waals surface area contributed by atoms with Crippen molar-refractivity contribution < 1.29 is 18.0 Å². The van der Waals surface area contributed by atoms with Crippen molar-refractivity contribution in [2.24, 2.45) is 15.9 Å². The SMILES string of the molecule is C=C/C(=C\C=C/C(C)CNC(=O)CC1=CC=C(C)C(NC2C=c3nc(N4CCCN(CC)CCC4)ncc3=NC=N2)C=C1)CC(F)(F)F. The van der Waals surface area contributed by atoms with Crippen molar-refractivity contribution in [1.29, 1.82) is 0 Å². The molecule has 1 fully saturated rings. The molecule has 258 valence electrons. The summed E-state index contributed by atoms with van der Waals surface area (Å²) < 4.78 is 37.9. The van der Waals surface area contributed by atoms with Crippen LogP contribution in [0.1, 0.15) is 46.5 Å². The highest BCUT2D eigenvalue weighted by Gasteiger charge is 2.27. The number of fused-ring (bicyclic) bond motifs is 1. The van der Waals surface area contributed by atoms with Gasteiger partial charge in [0.15, 0.2) is 0 Å². The predicted molar refractivity (Wildman–Crippen MR) is 186 cm³/mol. The predicted octanol–water partition coefficient (Wildman–Crippen LogP) is 4.33. The number of carbonyl (C=O) groups is 1. The fourth-order valence-corrected chi connectivity index (χ4v) is 5.56. The van der Waals surface area contributed by atoms with Gasteiger partial charge in [0.25, 0.3) is 0 Å². The normalized spacial score (nSPS) is 21.5. The molecule has 3 atom stereocenters. The highest BCUT2D eigenvalue weighted by Crippen LogP contribution is 2.25. The zero-order chi connectivity index (χ0) is 34.5. The Kier molecular flexibility index (Phi) is 13.6. The highest BCUT2D eigenvalue weighted by atomic mass is 19.4. The third kappa shape index (κ3) is 11.8. The monoisotopic (exact) mass is 664 g/mol. The van der Waals surface area contributed by atoms with Gasteiger partial charge in [0, 0.05) is 25.7 Å². The number of allylic oxidation sites excluding steroid dienone is 7. The summed E-state index contributed by atoms with van der Waals surface area (Å²) in [5, 5.41) is 7.88. The number of aromatic nitrogens is 2. The minimum atomic E-state index is -4.29. The molecule has 1 saturated heterocycles. The molecule has 1 aromatic heterocycles. The lowest BCUT2D eigenvalue weighted by atomic mass is 10.1. The minimum Gasteiger partial charge on any atom is -0.355 e. The summed E-state index contributed by atoms with van der Waals surface area (Å²) in [6, 6.07) is -0.130. The maximum atomic E-state index is 12.7. The van der Waals surface area contributed by atoms with Gasteiger partial charge in [0.1, 0.15) is 17.9 Å². The number of aliphatic imine (C=N–C) groups is 1. The van der Waals surface area contributed by atoms with E-state index in [2.05, 4.69) is 48.9 Å². The van der Waals surface area contributed by atoms with Gasteiger partial charge in [-0.15, -0.1) is 0 Å². The maximum absolute atomic E-state index is 12.7. The quantitative estimate of drug-likeness (QED) is 0.323. The summed E-state index contributed by atoms with van der Waals surface area (Å²) in [5.41, 5.74) is 2.01. The van der Waals surface area contributed by atoms with Crippen LogP contribution in [-0.4, -0.2) is 84.8 Å². The van der Waals surface area contributed by atoms with Gasteiger partial charge in [-0.3, -0.25) is 15.1 Å². The van der Waals surface area contributed by atoms with Crippen LogP contribution in [0.15, 0.2) is 88.1 Å². The average Bonchev–Trinajstić information content (AvgIpc) is 3.34. The summed E-state index contributed by atoms with van der Waals surface area (Å²) in [5.74, 6) is 0.515. The first-order valence-corrected chi connectivity index (χ1v) is 16.6. The smallest absolute Gasteiger partial charge is 0.355 e. The van der Waals surface area contributed by atoms with E-state index in [9.17, 15) is 18.0 Å². The lowest BCUT2D eigenvalue weighted by molar-refractivity contribution is -0.126. The molecule has 0 radical (unpaired) electrons. The molecule has 1 aromatic rings. The van der Waals surface area contributed by atoms with Crippen LogP contribution < -0.4 is 26.2 Å². The molecular weight excluding hydrogens is 617 g/mol. The molecule has 1 amide bonds. The number of anilines is 1. The van der Waals surface area contributed by atoms with Crippen LogP contribution in [0.4, 0.5) is 19.1 Å². The molecule has 3 aliphatic rings. The third-order valence-corrected chi connectivity index (χ3v) is 8.37. The summed E-state index contributed by atoms with van der Waals surface area (Å²) >= 11 is 0. The van der Waals surface area contributed by atoms with Crippen LogP contribution in [0.3, 0.4) is 0 Å². The lowest BCUT2D eigenvalue weighted by Crippen LogP contribution is -2.41. The number of nitrogens with zero attached hydrogens (tertiary/aromatic N) is 6. The summed E-state index contributed by atoms with van der Waals surface area (Å²) in [4.78, 5) is 36.0. The zero-order valence-corrected chi connectivity index (χ0v) is 28.1. The van der Waals surface area contributed by atoms with E-state index in [0.717, 1.165) is 62.1 Å². The Morgan fingerprint density at radius 2 is 1.96 bits per heavy atom. The Hall–Kier alpha value is -4.16.